The number of rotatable bonds is 4. The van der Waals surface area contributed by atoms with Crippen molar-refractivity contribution >= 4 is 11.7 Å². The van der Waals surface area contributed by atoms with E-state index in [0.717, 1.165) is 0 Å². The van der Waals surface area contributed by atoms with E-state index in [-0.39, 0.29) is 11.7 Å². The third kappa shape index (κ3) is 2.92. The highest BCUT2D eigenvalue weighted by Crippen LogP contribution is 2.09. The van der Waals surface area contributed by atoms with Crippen LogP contribution < -0.4 is 5.73 Å². The van der Waals surface area contributed by atoms with Gasteiger partial charge in [0.1, 0.15) is 5.82 Å². The molecule has 1 heterocycles. The molecule has 2 N–H and O–H groups in total. The summed E-state index contributed by atoms with van der Waals surface area (Å²) in [6.45, 7) is 1.03. The second-order valence-electron chi connectivity index (χ2n) is 3.16. The van der Waals surface area contributed by atoms with Crippen molar-refractivity contribution in [2.45, 2.75) is 0 Å². The number of nitrogens with zero attached hydrogens (tertiary/aromatic N) is 2. The Hall–Kier alpha value is -1.62. The number of carbonyl (C=O) groups is 1. The van der Waals surface area contributed by atoms with Crippen LogP contribution in [0.25, 0.3) is 0 Å². The number of hydrogen-bond acceptors (Lipinski definition) is 4. The number of methoxy groups -OCH3 is 1. The number of hydrogen-bond donors (Lipinski definition) is 1. The van der Waals surface area contributed by atoms with Crippen molar-refractivity contribution < 1.29 is 9.53 Å². The summed E-state index contributed by atoms with van der Waals surface area (Å²) in [5.74, 6) is 0.115. The first-order valence-electron chi connectivity index (χ1n) is 4.61. The Morgan fingerprint density at radius 2 is 2.40 bits per heavy atom. The van der Waals surface area contributed by atoms with E-state index in [0.29, 0.717) is 18.7 Å². The highest BCUT2D eigenvalue weighted by molar-refractivity contribution is 5.98. The predicted octanol–water partition coefficient (Wildman–Crippen LogP) is 0.382. The van der Waals surface area contributed by atoms with Gasteiger partial charge < -0.3 is 15.4 Å². The lowest BCUT2D eigenvalue weighted by Gasteiger charge is -2.16. The second-order valence-corrected chi connectivity index (χ2v) is 3.16. The topological polar surface area (TPSA) is 68.5 Å². The number of ether oxygens (including phenoxy) is 1. The number of nitrogen functional groups attached to an aromatic ring is 1. The van der Waals surface area contributed by atoms with Crippen LogP contribution in [0.3, 0.4) is 0 Å². The van der Waals surface area contributed by atoms with Gasteiger partial charge in [0.05, 0.1) is 12.2 Å². The van der Waals surface area contributed by atoms with Crippen LogP contribution in [0.1, 0.15) is 10.4 Å². The zero-order chi connectivity index (χ0) is 11.3. The van der Waals surface area contributed by atoms with Crippen LogP contribution in [0.4, 0.5) is 5.82 Å². The summed E-state index contributed by atoms with van der Waals surface area (Å²) in [5, 5.41) is 0. The van der Waals surface area contributed by atoms with Gasteiger partial charge in [-0.05, 0) is 12.1 Å². The molecule has 0 aliphatic rings. The van der Waals surface area contributed by atoms with Crippen molar-refractivity contribution in [3.63, 3.8) is 0 Å². The quantitative estimate of drug-likeness (QED) is 0.778. The molecule has 0 radical (unpaired) electrons. The van der Waals surface area contributed by atoms with Gasteiger partial charge in [-0.3, -0.25) is 4.79 Å². The first-order chi connectivity index (χ1) is 7.16. The summed E-state index contributed by atoms with van der Waals surface area (Å²) in [7, 11) is 3.30. The third-order valence-corrected chi connectivity index (χ3v) is 2.05. The molecule has 0 aromatic carbocycles. The van der Waals surface area contributed by atoms with E-state index in [1.165, 1.54) is 0 Å². The number of amides is 1. The van der Waals surface area contributed by atoms with Crippen LogP contribution >= 0.6 is 0 Å². The van der Waals surface area contributed by atoms with Crippen LogP contribution in [-0.4, -0.2) is 43.1 Å². The summed E-state index contributed by atoms with van der Waals surface area (Å²) in [6.07, 6.45) is 1.56. The number of nitrogens with two attached hydrogens (primary N) is 1. The largest absolute Gasteiger partial charge is 0.383 e. The lowest BCUT2D eigenvalue weighted by Crippen LogP contribution is -2.30. The molecule has 1 aromatic heterocycles. The molecule has 0 fully saturated rings. The van der Waals surface area contributed by atoms with E-state index in [1.807, 2.05) is 0 Å². The molecule has 5 nitrogen and oxygen atoms in total. The predicted molar refractivity (Wildman–Crippen MR) is 57.5 cm³/mol. The van der Waals surface area contributed by atoms with E-state index in [4.69, 9.17) is 10.5 Å². The van der Waals surface area contributed by atoms with Crippen LogP contribution in [0.5, 0.6) is 0 Å². The number of anilines is 1. The average molecular weight is 209 g/mol. The number of aromatic nitrogens is 1. The molecule has 15 heavy (non-hydrogen) atoms. The van der Waals surface area contributed by atoms with E-state index >= 15 is 0 Å². The smallest absolute Gasteiger partial charge is 0.257 e. The molecule has 5 heteroatoms. The molecule has 0 bridgehead atoms. The Morgan fingerprint density at radius 1 is 1.67 bits per heavy atom. The molecule has 82 valence electrons. The molecule has 0 saturated carbocycles. The summed E-state index contributed by atoms with van der Waals surface area (Å²) in [4.78, 5) is 17.2. The minimum absolute atomic E-state index is 0.141. The van der Waals surface area contributed by atoms with Crippen LogP contribution in [0, 0.1) is 0 Å². The molecule has 1 rings (SSSR count). The highest BCUT2D eigenvalue weighted by atomic mass is 16.5. The maximum atomic E-state index is 11.8. The Kier molecular flexibility index (Phi) is 4.05. The van der Waals surface area contributed by atoms with Crippen LogP contribution in [-0.2, 0) is 4.74 Å². The van der Waals surface area contributed by atoms with Crippen molar-refractivity contribution in [2.24, 2.45) is 0 Å². The van der Waals surface area contributed by atoms with Gasteiger partial charge in [0, 0.05) is 26.9 Å². The molecule has 0 aliphatic heterocycles. The van der Waals surface area contributed by atoms with Gasteiger partial charge in [0.2, 0.25) is 0 Å². The van der Waals surface area contributed by atoms with Gasteiger partial charge in [-0.1, -0.05) is 0 Å². The Bertz CT molecular complexity index is 341. The minimum atomic E-state index is -0.141. The Labute approximate surface area is 88.9 Å². The zero-order valence-corrected chi connectivity index (χ0v) is 8.93. The van der Waals surface area contributed by atoms with Crippen molar-refractivity contribution in [3.8, 4) is 0 Å². The summed E-state index contributed by atoms with van der Waals surface area (Å²) in [6, 6.07) is 3.35. The van der Waals surface area contributed by atoms with Crippen molar-refractivity contribution in [1.82, 2.24) is 9.88 Å². The van der Waals surface area contributed by atoms with E-state index in [1.54, 1.807) is 37.4 Å². The van der Waals surface area contributed by atoms with Crippen molar-refractivity contribution in [2.75, 3.05) is 33.0 Å². The molecular weight excluding hydrogens is 194 g/mol. The fourth-order valence-electron chi connectivity index (χ4n) is 1.13. The highest BCUT2D eigenvalue weighted by Gasteiger charge is 2.14. The number of carbonyl (C=O) groups excluding carboxylic acids is 1. The number of pyridine rings is 1. The SMILES string of the molecule is COCCN(C)C(=O)c1cccnc1N. The van der Waals surface area contributed by atoms with Crippen molar-refractivity contribution in [1.29, 1.82) is 0 Å². The summed E-state index contributed by atoms with van der Waals surface area (Å²) < 4.78 is 4.89. The molecule has 0 saturated heterocycles. The standard InChI is InChI=1S/C10H15N3O2/c1-13(6-7-15-2)10(14)8-4-3-5-12-9(8)11/h3-5H,6-7H2,1-2H3,(H2,11,12). The fourth-order valence-corrected chi connectivity index (χ4v) is 1.13. The van der Waals surface area contributed by atoms with Gasteiger partial charge in [0.25, 0.3) is 5.91 Å². The van der Waals surface area contributed by atoms with E-state index in [2.05, 4.69) is 4.98 Å². The maximum absolute atomic E-state index is 11.8. The third-order valence-electron chi connectivity index (χ3n) is 2.05. The Balaban J connectivity index is 2.72. The van der Waals surface area contributed by atoms with Crippen LogP contribution in [0.2, 0.25) is 0 Å². The van der Waals surface area contributed by atoms with Gasteiger partial charge in [-0.25, -0.2) is 4.98 Å². The van der Waals surface area contributed by atoms with Gasteiger partial charge >= 0.3 is 0 Å². The molecule has 0 aliphatic carbocycles. The van der Waals surface area contributed by atoms with Gasteiger partial charge in [-0.15, -0.1) is 0 Å². The molecule has 0 atom stereocenters. The second kappa shape index (κ2) is 5.31. The van der Waals surface area contributed by atoms with Gasteiger partial charge in [0.15, 0.2) is 0 Å². The summed E-state index contributed by atoms with van der Waals surface area (Å²) in [5.41, 5.74) is 6.03. The van der Waals surface area contributed by atoms with Gasteiger partial charge in [-0.2, -0.15) is 0 Å². The van der Waals surface area contributed by atoms with Crippen molar-refractivity contribution in [3.05, 3.63) is 23.9 Å². The lowest BCUT2D eigenvalue weighted by molar-refractivity contribution is 0.0745. The first kappa shape index (κ1) is 11.5. The zero-order valence-electron chi connectivity index (χ0n) is 8.93. The van der Waals surface area contributed by atoms with Crippen LogP contribution in [0.15, 0.2) is 18.3 Å². The fraction of sp³-hybridized carbons (Fsp3) is 0.400. The monoisotopic (exact) mass is 209 g/mol. The minimum Gasteiger partial charge on any atom is -0.383 e. The normalized spacial score (nSPS) is 10.0. The van der Waals surface area contributed by atoms with E-state index in [9.17, 15) is 4.79 Å². The molecular formula is C10H15N3O2. The average Bonchev–Trinajstić information content (AvgIpc) is 2.25. The molecule has 1 aromatic rings. The maximum Gasteiger partial charge on any atom is 0.257 e. The van der Waals surface area contributed by atoms with E-state index < -0.39 is 0 Å². The first-order valence-corrected chi connectivity index (χ1v) is 4.61. The Morgan fingerprint density at radius 3 is 3.00 bits per heavy atom. The molecule has 0 unspecified atom stereocenters. The molecule has 1 amide bonds. The molecule has 0 spiro atoms. The lowest BCUT2D eigenvalue weighted by atomic mass is 10.2. The summed E-state index contributed by atoms with van der Waals surface area (Å²) >= 11 is 0. The number of likely N-dealkylation sites (N-methyl/N-ethyl adjacent to an activating group) is 1.